The van der Waals surface area contributed by atoms with Gasteiger partial charge in [-0.2, -0.15) is 0 Å². The third kappa shape index (κ3) is 4.68. The van der Waals surface area contributed by atoms with E-state index in [9.17, 15) is 4.79 Å². The Morgan fingerprint density at radius 1 is 1.09 bits per heavy atom. The van der Waals surface area contributed by atoms with Crippen LogP contribution in [-0.2, 0) is 11.2 Å². The number of rotatable bonds is 7. The Balaban J connectivity index is 1.09. The molecular weight excluding hydrogens is 420 g/mol. The minimum Gasteiger partial charge on any atom is -0.463 e. The number of methoxy groups -OCH3 is 1. The zero-order valence-corrected chi connectivity index (χ0v) is 19.9. The summed E-state index contributed by atoms with van der Waals surface area (Å²) >= 11 is 0. The lowest BCUT2D eigenvalue weighted by Crippen LogP contribution is -2.13. The van der Waals surface area contributed by atoms with Crippen molar-refractivity contribution in [2.24, 2.45) is 5.92 Å². The molecular formula is C31H32O3. The van der Waals surface area contributed by atoms with Gasteiger partial charge in [-0.05, 0) is 109 Å². The zero-order valence-electron chi connectivity index (χ0n) is 19.9. The highest BCUT2D eigenvalue weighted by Gasteiger charge is 2.23. The van der Waals surface area contributed by atoms with E-state index in [1.165, 1.54) is 74.3 Å². The van der Waals surface area contributed by atoms with Crippen LogP contribution in [0.1, 0.15) is 90.1 Å². The summed E-state index contributed by atoms with van der Waals surface area (Å²) in [5, 5.41) is 0.983. The van der Waals surface area contributed by atoms with Crippen molar-refractivity contribution in [1.82, 2.24) is 0 Å². The van der Waals surface area contributed by atoms with Crippen LogP contribution < -0.4 is 0 Å². The van der Waals surface area contributed by atoms with E-state index in [-0.39, 0.29) is 5.76 Å². The van der Waals surface area contributed by atoms with Crippen molar-refractivity contribution >= 4 is 22.5 Å². The molecule has 0 N–H and O–H groups in total. The molecule has 5 rings (SSSR count). The number of furan rings is 1. The maximum absolute atomic E-state index is 11.7. The van der Waals surface area contributed by atoms with Crippen LogP contribution in [0.4, 0.5) is 0 Å². The second kappa shape index (κ2) is 9.94. The van der Waals surface area contributed by atoms with E-state index in [0.717, 1.165) is 35.3 Å². The van der Waals surface area contributed by atoms with Gasteiger partial charge in [-0.15, -0.1) is 6.42 Å². The van der Waals surface area contributed by atoms with Gasteiger partial charge in [0.25, 0.3) is 0 Å². The number of allylic oxidation sites excluding steroid dienone is 2. The first-order chi connectivity index (χ1) is 16.6. The minimum atomic E-state index is -0.427. The number of ether oxygens (including phenoxy) is 1. The number of terminal acetylenes is 1. The first-order valence-electron chi connectivity index (χ1n) is 12.6. The van der Waals surface area contributed by atoms with E-state index < -0.39 is 5.97 Å². The molecule has 0 atom stereocenters. The van der Waals surface area contributed by atoms with Gasteiger partial charge in [0, 0.05) is 10.9 Å². The van der Waals surface area contributed by atoms with E-state index in [1.54, 1.807) is 6.07 Å². The Bertz CT molecular complexity index is 1260. The molecule has 1 heterocycles. The molecule has 0 spiro atoms. The van der Waals surface area contributed by atoms with E-state index in [2.05, 4.69) is 42.3 Å². The lowest BCUT2D eigenvalue weighted by atomic mass is 9.77. The molecule has 2 aromatic carbocycles. The summed E-state index contributed by atoms with van der Waals surface area (Å²) in [4.78, 5) is 11.7. The van der Waals surface area contributed by atoms with E-state index in [4.69, 9.17) is 15.6 Å². The van der Waals surface area contributed by atoms with Crippen LogP contribution in [0.25, 0.3) is 16.5 Å². The summed E-state index contributed by atoms with van der Waals surface area (Å²) in [5.74, 6) is 4.06. The lowest BCUT2D eigenvalue weighted by Gasteiger charge is -2.29. The van der Waals surface area contributed by atoms with Gasteiger partial charge >= 0.3 is 5.97 Å². The SMILES string of the molecule is C#Cc1ccc2c(c1)C(CCCCC1CCC(c3ccc4oc(C(=O)OC)cc4c3)CC1)=CC2. The molecule has 1 saturated carbocycles. The summed E-state index contributed by atoms with van der Waals surface area (Å²) in [6.45, 7) is 0. The summed E-state index contributed by atoms with van der Waals surface area (Å²) in [5.41, 5.74) is 7.38. The van der Waals surface area contributed by atoms with Crippen LogP contribution >= 0.6 is 0 Å². The normalized spacial score (nSPS) is 19.5. The van der Waals surface area contributed by atoms with Crippen molar-refractivity contribution < 1.29 is 13.9 Å². The first-order valence-corrected chi connectivity index (χ1v) is 12.6. The zero-order chi connectivity index (χ0) is 23.5. The Morgan fingerprint density at radius 3 is 2.74 bits per heavy atom. The number of benzene rings is 2. The fourth-order valence-electron chi connectivity index (χ4n) is 5.77. The average Bonchev–Trinajstić information content (AvgIpc) is 3.49. The molecule has 3 nitrogen and oxygen atoms in total. The molecule has 3 heteroatoms. The first kappa shape index (κ1) is 22.5. The number of esters is 1. The predicted molar refractivity (Wildman–Crippen MR) is 137 cm³/mol. The van der Waals surface area contributed by atoms with Gasteiger partial charge in [0.1, 0.15) is 5.58 Å². The van der Waals surface area contributed by atoms with Crippen molar-refractivity contribution in [2.75, 3.05) is 7.11 Å². The fourth-order valence-corrected chi connectivity index (χ4v) is 5.77. The number of fused-ring (bicyclic) bond motifs is 2. The number of carbonyl (C=O) groups excluding carboxylic acids is 1. The number of hydrogen-bond acceptors (Lipinski definition) is 3. The van der Waals surface area contributed by atoms with Gasteiger partial charge in [-0.3, -0.25) is 0 Å². The van der Waals surface area contributed by atoms with Crippen LogP contribution in [0.5, 0.6) is 0 Å². The van der Waals surface area contributed by atoms with E-state index in [0.29, 0.717) is 5.92 Å². The summed E-state index contributed by atoms with van der Waals surface area (Å²) in [6.07, 6.45) is 19.2. The molecule has 0 unspecified atom stereocenters. The summed E-state index contributed by atoms with van der Waals surface area (Å²) in [6, 6.07) is 14.6. The third-order valence-corrected chi connectivity index (χ3v) is 7.74. The van der Waals surface area contributed by atoms with Crippen LogP contribution in [0.15, 0.2) is 53.0 Å². The highest BCUT2D eigenvalue weighted by Crippen LogP contribution is 2.39. The third-order valence-electron chi connectivity index (χ3n) is 7.74. The maximum Gasteiger partial charge on any atom is 0.373 e. The number of unbranched alkanes of at least 4 members (excludes halogenated alkanes) is 1. The van der Waals surface area contributed by atoms with Crippen LogP contribution in [-0.4, -0.2) is 13.1 Å². The second-order valence-corrected chi connectivity index (χ2v) is 9.81. The quantitative estimate of drug-likeness (QED) is 0.210. The second-order valence-electron chi connectivity index (χ2n) is 9.81. The highest BCUT2D eigenvalue weighted by molar-refractivity contribution is 5.92. The van der Waals surface area contributed by atoms with Gasteiger partial charge in [0.05, 0.1) is 7.11 Å². The summed E-state index contributed by atoms with van der Waals surface area (Å²) in [7, 11) is 1.37. The van der Waals surface area contributed by atoms with Gasteiger partial charge in [-0.1, -0.05) is 37.0 Å². The number of hydrogen-bond donors (Lipinski definition) is 0. The smallest absolute Gasteiger partial charge is 0.373 e. The largest absolute Gasteiger partial charge is 0.463 e. The Labute approximate surface area is 202 Å². The topological polar surface area (TPSA) is 39.4 Å². The Morgan fingerprint density at radius 2 is 1.94 bits per heavy atom. The van der Waals surface area contributed by atoms with Gasteiger partial charge < -0.3 is 9.15 Å². The molecule has 34 heavy (non-hydrogen) atoms. The standard InChI is InChI=1S/C31H32O3/c1-3-21-8-13-25-15-14-24(28(25)18-21)7-5-4-6-22-9-11-23(12-10-22)26-16-17-29-27(19-26)20-30(34-29)31(32)33-2/h1,8,13-14,16-20,22-23H,4-7,9-12,15H2,2H3. The maximum atomic E-state index is 11.7. The van der Waals surface area contributed by atoms with Crippen molar-refractivity contribution in [2.45, 2.75) is 63.7 Å². The molecule has 0 amide bonds. The Kier molecular flexibility index (Phi) is 6.59. The van der Waals surface area contributed by atoms with E-state index >= 15 is 0 Å². The summed E-state index contributed by atoms with van der Waals surface area (Å²) < 4.78 is 10.4. The molecule has 174 valence electrons. The van der Waals surface area contributed by atoms with Gasteiger partial charge in [0.2, 0.25) is 5.76 Å². The number of carbonyl (C=O) groups is 1. The molecule has 0 saturated heterocycles. The van der Waals surface area contributed by atoms with Gasteiger partial charge in [0.15, 0.2) is 0 Å². The Hall–Kier alpha value is -3.25. The highest BCUT2D eigenvalue weighted by atomic mass is 16.5. The molecule has 2 aliphatic carbocycles. The van der Waals surface area contributed by atoms with Crippen molar-refractivity contribution in [1.29, 1.82) is 0 Å². The molecule has 2 aliphatic rings. The molecule has 1 fully saturated rings. The molecule has 3 aromatic rings. The van der Waals surface area contributed by atoms with E-state index in [1.807, 2.05) is 6.07 Å². The average molecular weight is 453 g/mol. The predicted octanol–water partition coefficient (Wildman–Crippen LogP) is 7.67. The van der Waals surface area contributed by atoms with Crippen molar-refractivity contribution in [3.05, 3.63) is 76.6 Å². The van der Waals surface area contributed by atoms with Crippen LogP contribution in [0.3, 0.4) is 0 Å². The minimum absolute atomic E-state index is 0.270. The van der Waals surface area contributed by atoms with Crippen LogP contribution in [0.2, 0.25) is 0 Å². The monoisotopic (exact) mass is 452 g/mol. The van der Waals surface area contributed by atoms with Crippen molar-refractivity contribution in [3.63, 3.8) is 0 Å². The molecule has 1 aromatic heterocycles. The lowest BCUT2D eigenvalue weighted by molar-refractivity contribution is 0.0567. The molecule has 0 bridgehead atoms. The van der Waals surface area contributed by atoms with Crippen LogP contribution in [0, 0.1) is 18.3 Å². The molecule has 0 aliphatic heterocycles. The van der Waals surface area contributed by atoms with Crippen molar-refractivity contribution in [3.8, 4) is 12.3 Å². The van der Waals surface area contributed by atoms with Gasteiger partial charge in [-0.25, -0.2) is 4.79 Å². The fraction of sp³-hybridized carbons (Fsp3) is 0.387. The molecule has 0 radical (unpaired) electrons.